The lowest BCUT2D eigenvalue weighted by Crippen LogP contribution is -2.04. The highest BCUT2D eigenvalue weighted by atomic mass is 14.5. The molecule has 0 radical (unpaired) electrons. The van der Waals surface area contributed by atoms with Crippen molar-refractivity contribution in [3.8, 4) is 12.0 Å². The summed E-state index contributed by atoms with van der Waals surface area (Å²) in [5.74, 6) is 3.80. The summed E-state index contributed by atoms with van der Waals surface area (Å²) >= 11 is 0. The van der Waals surface area contributed by atoms with Crippen LogP contribution >= 0.6 is 0 Å². The second-order valence-corrected chi connectivity index (χ2v) is 3.03. The molecule has 56 valence electrons. The van der Waals surface area contributed by atoms with Crippen molar-refractivity contribution >= 4 is 0 Å². The number of nitrogens with two attached hydrogens (primary N) is 1. The van der Waals surface area contributed by atoms with Gasteiger partial charge in [0.25, 0.3) is 0 Å². The summed E-state index contributed by atoms with van der Waals surface area (Å²) in [5.41, 5.74) is 5.08. The van der Waals surface area contributed by atoms with Gasteiger partial charge in [-0.05, 0) is 18.8 Å². The van der Waals surface area contributed by atoms with Gasteiger partial charge in [0.15, 0.2) is 0 Å². The molecule has 1 aliphatic carbocycles. The van der Waals surface area contributed by atoms with Crippen LogP contribution in [0.2, 0.25) is 0 Å². The van der Waals surface area contributed by atoms with Gasteiger partial charge in [0.2, 0.25) is 0 Å². The van der Waals surface area contributed by atoms with Crippen molar-refractivity contribution in [1.29, 1.82) is 0 Å². The molecule has 0 amide bonds. The smallest absolute Gasteiger partial charge is 0.0135 e. The van der Waals surface area contributed by atoms with Crippen molar-refractivity contribution in [2.75, 3.05) is 0 Å². The summed E-state index contributed by atoms with van der Waals surface area (Å²) in [4.78, 5) is 0. The minimum Gasteiger partial charge on any atom is -0.359 e. The van der Waals surface area contributed by atoms with Crippen LogP contribution in [0.25, 0.3) is 0 Å². The zero-order chi connectivity index (χ0) is 7.23. The first-order valence-electron chi connectivity index (χ1n) is 4.12. The van der Waals surface area contributed by atoms with Gasteiger partial charge in [0.05, 0.1) is 0 Å². The summed E-state index contributed by atoms with van der Waals surface area (Å²) < 4.78 is 0. The van der Waals surface area contributed by atoms with Crippen LogP contribution in [0.15, 0.2) is 0 Å². The molecule has 1 heteroatoms. The van der Waals surface area contributed by atoms with E-state index < -0.39 is 0 Å². The fraction of sp³-hybridized carbons (Fsp3) is 0.778. The van der Waals surface area contributed by atoms with Gasteiger partial charge in [-0.25, -0.2) is 0 Å². The Kier molecular flexibility index (Phi) is 3.15. The molecule has 1 aliphatic rings. The van der Waals surface area contributed by atoms with Crippen LogP contribution in [-0.2, 0) is 0 Å². The van der Waals surface area contributed by atoms with Crippen molar-refractivity contribution in [1.82, 2.24) is 0 Å². The molecular weight excluding hydrogens is 122 g/mol. The topological polar surface area (TPSA) is 26.0 Å². The minimum absolute atomic E-state index is 0.852. The zero-order valence-electron chi connectivity index (χ0n) is 6.40. The average molecular weight is 137 g/mol. The van der Waals surface area contributed by atoms with E-state index in [1.165, 1.54) is 32.1 Å². The summed E-state index contributed by atoms with van der Waals surface area (Å²) in [6.45, 7) is 0. The molecule has 1 saturated carbocycles. The maximum absolute atomic E-state index is 5.08. The first-order valence-corrected chi connectivity index (χ1v) is 4.12. The quantitative estimate of drug-likeness (QED) is 0.433. The van der Waals surface area contributed by atoms with Crippen molar-refractivity contribution in [2.24, 2.45) is 11.7 Å². The van der Waals surface area contributed by atoms with E-state index in [0.717, 1.165) is 12.3 Å². The SMILES string of the molecule is NC#CCC1CCCCC1. The van der Waals surface area contributed by atoms with Crippen LogP contribution in [0.1, 0.15) is 38.5 Å². The Morgan fingerprint density at radius 2 is 1.90 bits per heavy atom. The molecule has 0 bridgehead atoms. The Morgan fingerprint density at radius 3 is 2.50 bits per heavy atom. The van der Waals surface area contributed by atoms with Crippen molar-refractivity contribution in [2.45, 2.75) is 38.5 Å². The van der Waals surface area contributed by atoms with E-state index in [1.54, 1.807) is 0 Å². The Balaban J connectivity index is 2.17. The Morgan fingerprint density at radius 1 is 1.20 bits per heavy atom. The van der Waals surface area contributed by atoms with Crippen LogP contribution in [-0.4, -0.2) is 0 Å². The van der Waals surface area contributed by atoms with E-state index in [1.807, 2.05) is 0 Å². The molecule has 1 rings (SSSR count). The van der Waals surface area contributed by atoms with Crippen LogP contribution in [0.5, 0.6) is 0 Å². The lowest BCUT2D eigenvalue weighted by Gasteiger charge is -2.18. The van der Waals surface area contributed by atoms with Crippen LogP contribution in [0.3, 0.4) is 0 Å². The van der Waals surface area contributed by atoms with Gasteiger partial charge >= 0.3 is 0 Å². The van der Waals surface area contributed by atoms with Gasteiger partial charge in [-0.15, -0.1) is 0 Å². The fourth-order valence-corrected chi connectivity index (χ4v) is 1.59. The van der Waals surface area contributed by atoms with Gasteiger partial charge in [0, 0.05) is 12.5 Å². The van der Waals surface area contributed by atoms with Crippen LogP contribution < -0.4 is 5.73 Å². The third-order valence-electron chi connectivity index (χ3n) is 2.22. The first kappa shape index (κ1) is 7.47. The maximum atomic E-state index is 5.08. The van der Waals surface area contributed by atoms with Gasteiger partial charge in [0.1, 0.15) is 0 Å². The average Bonchev–Trinajstić information content (AvgIpc) is 2.03. The van der Waals surface area contributed by atoms with Crippen molar-refractivity contribution in [3.63, 3.8) is 0 Å². The fourth-order valence-electron chi connectivity index (χ4n) is 1.59. The highest BCUT2D eigenvalue weighted by Crippen LogP contribution is 2.25. The normalized spacial score (nSPS) is 19.6. The molecule has 0 saturated heterocycles. The second-order valence-electron chi connectivity index (χ2n) is 3.03. The summed E-state index contributed by atoms with van der Waals surface area (Å²) in [5, 5.41) is 0. The van der Waals surface area contributed by atoms with Gasteiger partial charge in [-0.1, -0.05) is 25.2 Å². The molecular formula is C9H15N. The number of hydrogen-bond donors (Lipinski definition) is 1. The lowest BCUT2D eigenvalue weighted by molar-refractivity contribution is 0.365. The predicted octanol–water partition coefficient (Wildman–Crippen LogP) is 1.88. The van der Waals surface area contributed by atoms with E-state index in [2.05, 4.69) is 12.0 Å². The molecule has 2 N–H and O–H groups in total. The molecule has 0 unspecified atom stereocenters. The largest absolute Gasteiger partial charge is 0.359 e. The standard InChI is InChI=1S/C9H15N/c10-8-4-7-9-5-2-1-3-6-9/h9H,1-3,5-7,10H2. The van der Waals surface area contributed by atoms with Crippen molar-refractivity contribution in [3.05, 3.63) is 0 Å². The van der Waals surface area contributed by atoms with Crippen LogP contribution in [0.4, 0.5) is 0 Å². The first-order chi connectivity index (χ1) is 4.93. The molecule has 0 spiro atoms. The minimum atomic E-state index is 0.852. The maximum Gasteiger partial charge on any atom is 0.0135 e. The Labute approximate surface area is 63.0 Å². The summed E-state index contributed by atoms with van der Waals surface area (Å²) in [6, 6.07) is 2.46. The molecule has 0 heterocycles. The number of rotatable bonds is 1. The Hall–Kier alpha value is -0.640. The number of hydrogen-bond acceptors (Lipinski definition) is 1. The third kappa shape index (κ3) is 2.31. The summed E-state index contributed by atoms with van der Waals surface area (Å²) in [7, 11) is 0. The predicted molar refractivity (Wildman–Crippen MR) is 43.2 cm³/mol. The van der Waals surface area contributed by atoms with Gasteiger partial charge in [-0.2, -0.15) is 0 Å². The molecule has 0 aliphatic heterocycles. The monoisotopic (exact) mass is 137 g/mol. The molecule has 1 fully saturated rings. The van der Waals surface area contributed by atoms with Gasteiger partial charge in [-0.3, -0.25) is 0 Å². The summed E-state index contributed by atoms with van der Waals surface area (Å²) in [6.07, 6.45) is 7.99. The van der Waals surface area contributed by atoms with Crippen LogP contribution in [0, 0.1) is 17.9 Å². The van der Waals surface area contributed by atoms with E-state index in [-0.39, 0.29) is 0 Å². The van der Waals surface area contributed by atoms with Crippen molar-refractivity contribution < 1.29 is 0 Å². The molecule has 0 aromatic rings. The van der Waals surface area contributed by atoms with E-state index in [4.69, 9.17) is 5.73 Å². The van der Waals surface area contributed by atoms with Gasteiger partial charge < -0.3 is 5.73 Å². The Bertz CT molecular complexity index is 135. The van der Waals surface area contributed by atoms with E-state index >= 15 is 0 Å². The molecule has 1 nitrogen and oxygen atoms in total. The zero-order valence-corrected chi connectivity index (χ0v) is 6.40. The second kappa shape index (κ2) is 4.22. The van der Waals surface area contributed by atoms with E-state index in [0.29, 0.717) is 0 Å². The van der Waals surface area contributed by atoms with E-state index in [9.17, 15) is 0 Å². The molecule has 0 atom stereocenters. The lowest BCUT2D eigenvalue weighted by atomic mass is 9.87. The molecule has 10 heavy (non-hydrogen) atoms. The highest BCUT2D eigenvalue weighted by molar-refractivity contribution is 4.95. The molecule has 0 aromatic carbocycles. The molecule has 0 aromatic heterocycles. The highest BCUT2D eigenvalue weighted by Gasteiger charge is 2.11. The third-order valence-corrected chi connectivity index (χ3v) is 2.22.